The van der Waals surface area contributed by atoms with Gasteiger partial charge in [-0.15, -0.1) is 11.3 Å². The van der Waals surface area contributed by atoms with E-state index in [2.05, 4.69) is 352 Å². The number of nitrogens with zero attached hydrogens (tertiary/aromatic N) is 6. The van der Waals surface area contributed by atoms with Crippen LogP contribution >= 0.6 is 11.3 Å². The van der Waals surface area contributed by atoms with Crippen LogP contribution in [0.1, 0.15) is 130 Å². The third-order valence-electron chi connectivity index (χ3n) is 32.7. The first-order valence-corrected chi connectivity index (χ1v) is 53.2. The topological polar surface area (TPSA) is 104 Å². The average Bonchev–Trinajstić information content (AvgIpc) is 1.56. The van der Waals surface area contributed by atoms with E-state index in [4.69, 9.17) is 38.7 Å². The van der Waals surface area contributed by atoms with Crippen LogP contribution in [-0.4, -0.2) is 29.9 Å². The third kappa shape index (κ3) is 15.2. The lowest BCUT2D eigenvalue weighted by molar-refractivity contribution is 0.353. The van der Waals surface area contributed by atoms with Crippen LogP contribution in [0, 0.1) is 0 Å². The summed E-state index contributed by atoms with van der Waals surface area (Å²) in [6.07, 6.45) is 19.2. The van der Waals surface area contributed by atoms with Gasteiger partial charge in [0.25, 0.3) is 0 Å². The van der Waals surface area contributed by atoms with Gasteiger partial charge in [-0.1, -0.05) is 410 Å². The summed E-state index contributed by atoms with van der Waals surface area (Å²) >= 11 is 1.88. The van der Waals surface area contributed by atoms with Crippen molar-refractivity contribution in [3.8, 4) is 168 Å². The van der Waals surface area contributed by atoms with Gasteiger partial charge in [0.15, 0.2) is 17.5 Å². The lowest BCUT2D eigenvalue weighted by Crippen LogP contribution is -2.27. The predicted octanol–water partition coefficient (Wildman–Crippen LogP) is 37.3. The number of aromatic nitrogens is 6. The minimum atomic E-state index is 0.135. The Morgan fingerprint density at radius 1 is 0.170 bits per heavy atom. The highest BCUT2D eigenvalue weighted by molar-refractivity contribution is 7.25. The number of rotatable bonds is 12. The molecule has 9 heteroatoms. The highest BCUT2D eigenvalue weighted by Crippen LogP contribution is 2.62. The number of hydrogen-bond acceptors (Lipinski definition) is 9. The highest BCUT2D eigenvalue weighted by atomic mass is 32.1. The largest absolute Gasteiger partial charge is 0.456 e. The van der Waals surface area contributed by atoms with Crippen molar-refractivity contribution in [2.45, 2.75) is 113 Å². The number of thiophene rings is 1. The minimum absolute atomic E-state index is 0.135. The Morgan fingerprint density at radius 2 is 0.422 bits per heavy atom. The predicted molar refractivity (Wildman–Crippen MR) is 607 cm³/mol. The zero-order chi connectivity index (χ0) is 97.1. The Kier molecular flexibility index (Phi) is 21.7. The monoisotopic (exact) mass is 1910 g/mol. The summed E-state index contributed by atoms with van der Waals surface area (Å²) in [7, 11) is 0. The van der Waals surface area contributed by atoms with Gasteiger partial charge in [-0.05, 0) is 224 Å². The molecule has 6 aromatic heterocycles. The van der Waals surface area contributed by atoms with Crippen LogP contribution in [0.3, 0.4) is 0 Å². The van der Waals surface area contributed by atoms with Gasteiger partial charge in [0, 0.05) is 108 Å². The molecular formula is C138H102N6O2S. The summed E-state index contributed by atoms with van der Waals surface area (Å²) in [6.45, 7) is 0. The second-order valence-corrected chi connectivity index (χ2v) is 42.0. The standard InChI is InChI=1S/2C46H34N2O.C46H34N2S/c1-4-13-30(14-5-1)40-29-41(48-45(47-40)31-15-6-2-7-16-31)33-22-24-36-35-23-21-32(27-42(35)49-43(36)28-33)34-18-12-20-39-44(34)37-17-8-9-19-38(37)46(39)25-10-3-11-26-46;1-4-13-30(14-5-1)40-29-41(48-45(47-40)31-15-6-2-7-16-31)33-22-24-43-37(28-33)36-27-32(21-23-42(36)49-43)34-18-12-20-39-44(34)35-17-8-9-19-38(35)46(39)25-10-3-11-26-46;1-4-13-30(14-5-1)40-29-41(48-45(47-40)31-15-6-2-7-16-31)33-22-24-36-35-23-21-32(27-42(35)49-43(36)28-33)34-18-12-20-39-44(34)37-17-8-9-19-38(37)46(39)25-10-3-11-26-46/h3*1-2,4-9,12-24,27-29H,3,10-11,25-26H2. The lowest BCUT2D eigenvalue weighted by atomic mass is 9.68. The Labute approximate surface area is 859 Å². The normalized spacial score (nSPS) is 14.7. The molecule has 6 aliphatic rings. The maximum Gasteiger partial charge on any atom is 0.160 e. The second-order valence-electron chi connectivity index (χ2n) is 40.9. The molecular weight excluding hydrogens is 1810 g/mol. The molecule has 0 radical (unpaired) electrons. The van der Waals surface area contributed by atoms with E-state index < -0.39 is 0 Å². The van der Waals surface area contributed by atoms with Crippen molar-refractivity contribution < 1.29 is 8.83 Å². The van der Waals surface area contributed by atoms with Crippen molar-refractivity contribution in [1.82, 2.24) is 29.9 Å². The summed E-state index contributed by atoms with van der Waals surface area (Å²) in [5.74, 6) is 2.16. The van der Waals surface area contributed by atoms with Gasteiger partial charge in [-0.2, -0.15) is 0 Å². The number of benzene rings is 18. The first-order valence-electron chi connectivity index (χ1n) is 52.4. The molecule has 24 aromatic rings. The summed E-state index contributed by atoms with van der Waals surface area (Å²) in [5, 5.41) is 7.04. The molecule has 147 heavy (non-hydrogen) atoms. The van der Waals surface area contributed by atoms with Crippen molar-refractivity contribution in [2.24, 2.45) is 0 Å². The van der Waals surface area contributed by atoms with Gasteiger partial charge < -0.3 is 8.83 Å². The Bertz CT molecular complexity index is 8740. The molecule has 0 N–H and O–H groups in total. The minimum Gasteiger partial charge on any atom is -0.456 e. The van der Waals surface area contributed by atoms with Gasteiger partial charge >= 0.3 is 0 Å². The Hall–Kier alpha value is -17.0. The molecule has 6 aliphatic carbocycles. The van der Waals surface area contributed by atoms with Crippen LogP contribution in [0.5, 0.6) is 0 Å². The maximum absolute atomic E-state index is 6.66. The average molecular weight is 1910 g/mol. The van der Waals surface area contributed by atoms with E-state index in [0.29, 0.717) is 11.6 Å². The van der Waals surface area contributed by atoms with Crippen molar-refractivity contribution in [3.63, 3.8) is 0 Å². The summed E-state index contributed by atoms with van der Waals surface area (Å²) in [6, 6.07) is 157. The number of fused-ring (bicyclic) bond motifs is 24. The van der Waals surface area contributed by atoms with Crippen LogP contribution < -0.4 is 0 Å². The van der Waals surface area contributed by atoms with Crippen molar-refractivity contribution in [2.75, 3.05) is 0 Å². The molecule has 702 valence electrons. The van der Waals surface area contributed by atoms with Crippen molar-refractivity contribution in [1.29, 1.82) is 0 Å². The van der Waals surface area contributed by atoms with Crippen LogP contribution in [0.2, 0.25) is 0 Å². The fourth-order valence-corrected chi connectivity index (χ4v) is 27.0. The molecule has 8 nitrogen and oxygen atoms in total. The van der Waals surface area contributed by atoms with Crippen LogP contribution in [0.4, 0.5) is 0 Å². The SMILES string of the molecule is c1ccc(-c2cc(-c3ccc4c(c3)oc3cc(-c5cccc6c5-c5ccccc5C65CCCCC5)ccc34)nc(-c3ccccc3)n2)cc1.c1ccc(-c2cc(-c3ccc4c(c3)sc3cc(-c5cccc6c5-c5ccccc5C65CCCCC5)ccc34)nc(-c3ccccc3)n2)cc1.c1ccc(-c2cc(-c3ccc4oc5ccc(-c6cccc7c6-c6ccccc6C76CCCCC6)cc5c4c3)nc(-c3ccccc3)n2)cc1. The molecule has 3 spiro atoms. The zero-order valence-corrected chi connectivity index (χ0v) is 82.4. The van der Waals surface area contributed by atoms with Crippen molar-refractivity contribution >= 4 is 75.4 Å². The fourth-order valence-electron chi connectivity index (χ4n) is 25.8. The molecule has 0 aliphatic heterocycles. The van der Waals surface area contributed by atoms with Crippen LogP contribution in [0.15, 0.2) is 446 Å². The number of furan rings is 2. The quantitative estimate of drug-likeness (QED) is 0.119. The van der Waals surface area contributed by atoms with Crippen molar-refractivity contribution in [3.05, 3.63) is 470 Å². The fraction of sp³-hybridized carbons (Fsp3) is 0.130. The molecule has 0 unspecified atom stereocenters. The lowest BCUT2D eigenvalue weighted by Gasteiger charge is -2.36. The molecule has 0 bridgehead atoms. The van der Waals surface area contributed by atoms with Gasteiger partial charge in [-0.3, -0.25) is 0 Å². The molecule has 3 saturated carbocycles. The van der Waals surface area contributed by atoms with E-state index in [1.54, 1.807) is 11.1 Å². The molecule has 6 heterocycles. The summed E-state index contributed by atoms with van der Waals surface area (Å²) in [4.78, 5) is 30.2. The van der Waals surface area contributed by atoms with E-state index >= 15 is 0 Å². The zero-order valence-electron chi connectivity index (χ0n) is 81.6. The summed E-state index contributed by atoms with van der Waals surface area (Å²) < 4.78 is 15.7. The first kappa shape index (κ1) is 87.8. The molecule has 0 atom stereocenters. The molecule has 0 saturated heterocycles. The molecule has 18 aromatic carbocycles. The van der Waals surface area contributed by atoms with Gasteiger partial charge in [0.2, 0.25) is 0 Å². The van der Waals surface area contributed by atoms with E-state index in [9.17, 15) is 0 Å². The van der Waals surface area contributed by atoms with Gasteiger partial charge in [-0.25, -0.2) is 29.9 Å². The van der Waals surface area contributed by atoms with Crippen LogP contribution in [0.25, 0.3) is 233 Å². The van der Waals surface area contributed by atoms with Gasteiger partial charge in [0.1, 0.15) is 22.3 Å². The summed E-state index contributed by atoms with van der Waals surface area (Å²) in [5.41, 5.74) is 44.1. The Balaban J connectivity index is 0.000000107. The van der Waals surface area contributed by atoms with E-state index in [-0.39, 0.29) is 16.2 Å². The van der Waals surface area contributed by atoms with E-state index in [1.165, 1.54) is 205 Å². The first-order chi connectivity index (χ1) is 72.7. The third-order valence-corrected chi connectivity index (χ3v) is 33.8. The maximum atomic E-state index is 6.66. The number of hydrogen-bond donors (Lipinski definition) is 0. The molecule has 30 rings (SSSR count). The smallest absolute Gasteiger partial charge is 0.160 e. The second kappa shape index (κ2) is 36.4. The van der Waals surface area contributed by atoms with Gasteiger partial charge in [0.05, 0.1) is 34.2 Å². The molecule has 0 amide bonds. The van der Waals surface area contributed by atoms with E-state index in [1.807, 2.05) is 96.3 Å². The van der Waals surface area contributed by atoms with E-state index in [0.717, 1.165) is 134 Å². The van der Waals surface area contributed by atoms with Crippen LogP contribution in [-0.2, 0) is 16.2 Å². The Morgan fingerprint density at radius 3 is 0.796 bits per heavy atom. The highest BCUT2D eigenvalue weighted by Gasteiger charge is 2.48. The molecule has 3 fully saturated rings.